The van der Waals surface area contributed by atoms with Gasteiger partial charge in [0.15, 0.2) is 6.61 Å². The third kappa shape index (κ3) is 3.22. The van der Waals surface area contributed by atoms with Crippen LogP contribution >= 0.6 is 27.3 Å². The highest BCUT2D eigenvalue weighted by Crippen LogP contribution is 2.65. The van der Waals surface area contributed by atoms with E-state index in [0.717, 1.165) is 36.0 Å². The number of esters is 1. The third-order valence-corrected chi connectivity index (χ3v) is 7.98. The maximum absolute atomic E-state index is 12.4. The summed E-state index contributed by atoms with van der Waals surface area (Å²) in [6.07, 6.45) is 7.73. The molecule has 0 radical (unpaired) electrons. The van der Waals surface area contributed by atoms with Gasteiger partial charge in [0.05, 0.1) is 11.3 Å². The number of hydrogen-bond acceptors (Lipinski definition) is 4. The van der Waals surface area contributed by atoms with E-state index in [1.807, 2.05) is 19.1 Å². The summed E-state index contributed by atoms with van der Waals surface area (Å²) in [5, 5.41) is 0. The van der Waals surface area contributed by atoms with Crippen LogP contribution in [0.3, 0.4) is 0 Å². The van der Waals surface area contributed by atoms with Crippen LogP contribution in [0.2, 0.25) is 0 Å². The molecule has 3 nitrogen and oxygen atoms in total. The minimum Gasteiger partial charge on any atom is -0.457 e. The molecule has 130 valence electrons. The fraction of sp³-hybridized carbons (Fsp3) is 0.684. The van der Waals surface area contributed by atoms with E-state index in [9.17, 15) is 9.59 Å². The first kappa shape index (κ1) is 16.8. The zero-order valence-electron chi connectivity index (χ0n) is 14.0. The van der Waals surface area contributed by atoms with Crippen molar-refractivity contribution < 1.29 is 14.3 Å². The van der Waals surface area contributed by atoms with Gasteiger partial charge in [0, 0.05) is 9.20 Å². The van der Waals surface area contributed by atoms with E-state index >= 15 is 0 Å². The standard InChI is InChI=1S/C19H23BrO3S/c1-12-2-3-16(24-12)15(21)10-23-17(22)9-18-5-13-4-14(6-18)8-19(20,7-13)11-18/h2-3,13-14H,4-11H2,1H3. The molecule has 4 saturated carbocycles. The average molecular weight is 411 g/mol. The molecule has 5 heteroatoms. The highest BCUT2D eigenvalue weighted by Gasteiger charge is 2.57. The molecule has 1 aromatic rings. The molecule has 4 fully saturated rings. The van der Waals surface area contributed by atoms with Crippen LogP contribution in [0.1, 0.15) is 59.5 Å². The van der Waals surface area contributed by atoms with Crippen molar-refractivity contribution in [2.24, 2.45) is 17.3 Å². The van der Waals surface area contributed by atoms with Crippen molar-refractivity contribution in [3.05, 3.63) is 21.9 Å². The zero-order valence-corrected chi connectivity index (χ0v) is 16.4. The molecule has 0 N–H and O–H groups in total. The lowest BCUT2D eigenvalue weighted by molar-refractivity contribution is -0.149. The molecule has 5 rings (SSSR count). The summed E-state index contributed by atoms with van der Waals surface area (Å²) in [6.45, 7) is 1.85. The summed E-state index contributed by atoms with van der Waals surface area (Å²) in [5.41, 5.74) is 0.104. The number of carbonyl (C=O) groups is 2. The summed E-state index contributed by atoms with van der Waals surface area (Å²) in [4.78, 5) is 26.3. The first-order valence-corrected chi connectivity index (χ1v) is 10.4. The molecule has 0 amide bonds. The van der Waals surface area contributed by atoms with Crippen molar-refractivity contribution in [3.63, 3.8) is 0 Å². The van der Waals surface area contributed by atoms with Crippen LogP contribution in [0.15, 0.2) is 12.1 Å². The predicted molar refractivity (Wildman–Crippen MR) is 97.7 cm³/mol. The second kappa shape index (κ2) is 5.94. The van der Waals surface area contributed by atoms with E-state index in [1.54, 1.807) is 0 Å². The monoisotopic (exact) mass is 410 g/mol. The van der Waals surface area contributed by atoms with Crippen LogP contribution in [0, 0.1) is 24.2 Å². The van der Waals surface area contributed by atoms with Gasteiger partial charge in [-0.2, -0.15) is 0 Å². The molecule has 2 unspecified atom stereocenters. The van der Waals surface area contributed by atoms with Gasteiger partial charge in [-0.25, -0.2) is 0 Å². The highest BCUT2D eigenvalue weighted by atomic mass is 79.9. The van der Waals surface area contributed by atoms with Gasteiger partial charge in [-0.15, -0.1) is 11.3 Å². The number of Topliss-reactive ketones (excluding diaryl/α,β-unsaturated/α-hetero) is 1. The van der Waals surface area contributed by atoms with E-state index in [2.05, 4.69) is 15.9 Å². The summed E-state index contributed by atoms with van der Waals surface area (Å²) in [5.74, 6) is 1.22. The van der Waals surface area contributed by atoms with Crippen molar-refractivity contribution in [2.75, 3.05) is 6.61 Å². The summed E-state index contributed by atoms with van der Waals surface area (Å²) < 4.78 is 5.59. The van der Waals surface area contributed by atoms with E-state index in [4.69, 9.17) is 4.74 Å². The normalized spacial score (nSPS) is 36.8. The number of ether oxygens (including phenoxy) is 1. The molecular formula is C19H23BrO3S. The zero-order chi connectivity index (χ0) is 16.9. The fourth-order valence-electron chi connectivity index (χ4n) is 5.70. The van der Waals surface area contributed by atoms with Crippen LogP contribution in [0.4, 0.5) is 0 Å². The van der Waals surface area contributed by atoms with Crippen molar-refractivity contribution in [1.82, 2.24) is 0 Å². The molecule has 2 atom stereocenters. The van der Waals surface area contributed by atoms with Crippen LogP contribution in [0.5, 0.6) is 0 Å². The quantitative estimate of drug-likeness (QED) is 0.393. The Morgan fingerprint density at radius 2 is 1.96 bits per heavy atom. The molecule has 4 aliphatic carbocycles. The summed E-state index contributed by atoms with van der Waals surface area (Å²) in [7, 11) is 0. The van der Waals surface area contributed by atoms with Gasteiger partial charge in [-0.3, -0.25) is 9.59 Å². The van der Waals surface area contributed by atoms with E-state index < -0.39 is 0 Å². The molecule has 0 aliphatic heterocycles. The summed E-state index contributed by atoms with van der Waals surface area (Å²) >= 11 is 5.43. The van der Waals surface area contributed by atoms with Gasteiger partial charge < -0.3 is 4.74 Å². The Morgan fingerprint density at radius 3 is 2.54 bits per heavy atom. The summed E-state index contributed by atoms with van der Waals surface area (Å²) in [6, 6.07) is 3.73. The van der Waals surface area contributed by atoms with Crippen molar-refractivity contribution in [2.45, 2.75) is 56.2 Å². The maximum Gasteiger partial charge on any atom is 0.306 e. The number of aryl methyl sites for hydroxylation is 1. The topological polar surface area (TPSA) is 43.4 Å². The Labute approximate surface area is 155 Å². The molecule has 0 aromatic carbocycles. The van der Waals surface area contributed by atoms with Gasteiger partial charge in [-0.1, -0.05) is 15.9 Å². The van der Waals surface area contributed by atoms with Crippen molar-refractivity contribution >= 4 is 39.0 Å². The van der Waals surface area contributed by atoms with Gasteiger partial charge in [-0.05, 0) is 74.8 Å². The predicted octanol–water partition coefficient (Wildman–Crippen LogP) is 4.91. The van der Waals surface area contributed by atoms with Gasteiger partial charge in [0.1, 0.15) is 0 Å². The number of alkyl halides is 1. The minimum absolute atomic E-state index is 0.0936. The average Bonchev–Trinajstić information content (AvgIpc) is 2.88. The lowest BCUT2D eigenvalue weighted by Gasteiger charge is -2.60. The first-order chi connectivity index (χ1) is 11.3. The molecule has 4 bridgehead atoms. The van der Waals surface area contributed by atoms with Crippen LogP contribution in [-0.2, 0) is 9.53 Å². The SMILES string of the molecule is Cc1ccc(C(=O)COC(=O)CC23CC4CC(CC(Br)(C4)C2)C3)s1. The molecule has 0 saturated heterocycles. The van der Waals surface area contributed by atoms with Gasteiger partial charge in [0.2, 0.25) is 5.78 Å². The molecule has 4 aliphatic rings. The smallest absolute Gasteiger partial charge is 0.306 e. The Kier molecular flexibility index (Phi) is 4.15. The first-order valence-electron chi connectivity index (χ1n) is 8.79. The Hall–Kier alpha value is -0.680. The number of rotatable bonds is 5. The third-order valence-electron chi connectivity index (χ3n) is 6.01. The number of halogens is 1. The van der Waals surface area contributed by atoms with E-state index in [0.29, 0.717) is 11.3 Å². The fourth-order valence-corrected chi connectivity index (χ4v) is 8.00. The van der Waals surface area contributed by atoms with E-state index in [1.165, 1.54) is 30.6 Å². The molecule has 1 aromatic heterocycles. The minimum atomic E-state index is -0.199. The maximum atomic E-state index is 12.4. The van der Waals surface area contributed by atoms with Gasteiger partial charge >= 0.3 is 5.97 Å². The van der Waals surface area contributed by atoms with Gasteiger partial charge in [0.25, 0.3) is 0 Å². The molecule has 0 spiro atoms. The largest absolute Gasteiger partial charge is 0.457 e. The van der Waals surface area contributed by atoms with Crippen LogP contribution in [0.25, 0.3) is 0 Å². The number of thiophene rings is 1. The Bertz CT molecular complexity index is 666. The number of hydrogen-bond donors (Lipinski definition) is 0. The number of carbonyl (C=O) groups excluding carboxylic acids is 2. The number of ketones is 1. The second-order valence-electron chi connectivity index (χ2n) is 8.28. The van der Waals surface area contributed by atoms with Crippen LogP contribution in [-0.4, -0.2) is 22.7 Å². The second-order valence-corrected chi connectivity index (χ2v) is 11.3. The lowest BCUT2D eigenvalue weighted by Crippen LogP contribution is -2.53. The van der Waals surface area contributed by atoms with E-state index in [-0.39, 0.29) is 28.1 Å². The Morgan fingerprint density at radius 1 is 1.25 bits per heavy atom. The van der Waals surface area contributed by atoms with Crippen molar-refractivity contribution in [1.29, 1.82) is 0 Å². The molecule has 1 heterocycles. The van der Waals surface area contributed by atoms with Crippen LogP contribution < -0.4 is 0 Å². The highest BCUT2D eigenvalue weighted by molar-refractivity contribution is 9.10. The Balaban J connectivity index is 1.35. The molecular weight excluding hydrogens is 388 g/mol. The lowest BCUT2D eigenvalue weighted by atomic mass is 9.49. The van der Waals surface area contributed by atoms with Crippen molar-refractivity contribution in [3.8, 4) is 0 Å². The molecule has 24 heavy (non-hydrogen) atoms.